The second-order valence-electron chi connectivity index (χ2n) is 5.67. The van der Waals surface area contributed by atoms with Crippen molar-refractivity contribution in [2.45, 2.75) is 25.5 Å². The second kappa shape index (κ2) is 6.56. The summed E-state index contributed by atoms with van der Waals surface area (Å²) in [5.41, 5.74) is 7.89. The van der Waals surface area contributed by atoms with Gasteiger partial charge in [-0.3, -0.25) is 0 Å². The van der Waals surface area contributed by atoms with E-state index in [-0.39, 0.29) is 11.5 Å². The molecule has 2 N–H and O–H groups in total. The smallest absolute Gasteiger partial charge is 0.168 e. The maximum atomic E-state index is 12.2. The Balaban J connectivity index is 1.94. The highest BCUT2D eigenvalue weighted by Gasteiger charge is 2.13. The molecule has 3 aromatic rings. The summed E-state index contributed by atoms with van der Waals surface area (Å²) in [5, 5.41) is 4.96. The highest BCUT2D eigenvalue weighted by atomic mass is 32.2. The van der Waals surface area contributed by atoms with Crippen LogP contribution in [0.5, 0.6) is 0 Å². The van der Waals surface area contributed by atoms with Crippen LogP contribution in [0.15, 0.2) is 36.8 Å². The van der Waals surface area contributed by atoms with Crippen LogP contribution < -0.4 is 5.73 Å². The Morgan fingerprint density at radius 3 is 2.88 bits per heavy atom. The molecule has 0 saturated carbocycles. The molecule has 0 aliphatic carbocycles. The van der Waals surface area contributed by atoms with Crippen LogP contribution >= 0.6 is 0 Å². The fourth-order valence-electron chi connectivity index (χ4n) is 2.52. The number of benzene rings is 1. The van der Waals surface area contributed by atoms with E-state index >= 15 is 0 Å². The Kier molecular flexibility index (Phi) is 4.48. The van der Waals surface area contributed by atoms with Crippen LogP contribution in [-0.2, 0) is 15.6 Å². The van der Waals surface area contributed by atoms with Crippen molar-refractivity contribution in [2.75, 3.05) is 11.5 Å². The third-order valence-corrected chi connectivity index (χ3v) is 5.43. The van der Waals surface area contributed by atoms with Crippen molar-refractivity contribution in [1.82, 2.24) is 19.7 Å². The first-order valence-electron chi connectivity index (χ1n) is 7.74. The molecule has 0 fully saturated rings. The molecule has 0 unspecified atom stereocenters. The summed E-state index contributed by atoms with van der Waals surface area (Å²) < 4.78 is 25.9. The van der Waals surface area contributed by atoms with E-state index in [1.807, 2.05) is 31.2 Å². The maximum Gasteiger partial charge on any atom is 0.168 e. The molecule has 0 spiro atoms. The Hall–Kier alpha value is -2.48. The molecule has 8 heteroatoms. The van der Waals surface area contributed by atoms with Gasteiger partial charge < -0.3 is 5.73 Å². The number of aromatic nitrogens is 4. The van der Waals surface area contributed by atoms with Crippen LogP contribution in [0.3, 0.4) is 0 Å². The third-order valence-electron chi connectivity index (χ3n) is 3.75. The van der Waals surface area contributed by atoms with Gasteiger partial charge in [-0.2, -0.15) is 5.10 Å². The van der Waals surface area contributed by atoms with E-state index in [0.29, 0.717) is 23.3 Å². The lowest BCUT2D eigenvalue weighted by molar-refractivity contribution is 0.592. The summed E-state index contributed by atoms with van der Waals surface area (Å²) in [4.78, 5) is 8.16. The molecule has 2 heterocycles. The molecule has 24 heavy (non-hydrogen) atoms. The van der Waals surface area contributed by atoms with Gasteiger partial charge in [0.1, 0.15) is 12.1 Å². The van der Waals surface area contributed by atoms with Gasteiger partial charge in [0, 0.05) is 0 Å². The summed E-state index contributed by atoms with van der Waals surface area (Å²) in [6, 6.07) is 7.29. The van der Waals surface area contributed by atoms with Gasteiger partial charge in [0.2, 0.25) is 0 Å². The lowest BCUT2D eigenvalue weighted by Crippen LogP contribution is -2.09. The molecule has 0 atom stereocenters. The monoisotopic (exact) mass is 345 g/mol. The summed E-state index contributed by atoms with van der Waals surface area (Å²) in [6.07, 6.45) is 4.53. The van der Waals surface area contributed by atoms with Crippen molar-refractivity contribution < 1.29 is 8.42 Å². The van der Waals surface area contributed by atoms with Crippen LogP contribution in [0, 0.1) is 0 Å². The van der Waals surface area contributed by atoms with Crippen molar-refractivity contribution in [1.29, 1.82) is 0 Å². The predicted octanol–water partition coefficient (Wildman–Crippen LogP) is 2.11. The molecule has 1 aromatic carbocycles. The van der Waals surface area contributed by atoms with Gasteiger partial charge in [0.25, 0.3) is 0 Å². The Labute approximate surface area is 140 Å². The maximum absolute atomic E-state index is 12.2. The Bertz CT molecular complexity index is 966. The number of nitrogens with zero attached hydrogens (tertiary/aromatic N) is 4. The lowest BCUT2D eigenvalue weighted by atomic mass is 10.2. The molecule has 0 bridgehead atoms. The third kappa shape index (κ3) is 3.38. The zero-order valence-electron chi connectivity index (χ0n) is 13.4. The molecule has 2 aromatic heterocycles. The number of rotatable bonds is 6. The molecular weight excluding hydrogens is 326 g/mol. The topological polar surface area (TPSA) is 104 Å². The summed E-state index contributed by atoms with van der Waals surface area (Å²) >= 11 is 0. The number of sulfone groups is 1. The highest BCUT2D eigenvalue weighted by Crippen LogP contribution is 2.20. The van der Waals surface area contributed by atoms with Crippen molar-refractivity contribution in [3.05, 3.63) is 42.4 Å². The number of nitrogens with two attached hydrogens (primary N) is 1. The molecule has 0 aliphatic heterocycles. The number of hydrogen-bond donors (Lipinski definition) is 1. The number of nitrogen functional groups attached to an aromatic ring is 1. The van der Waals surface area contributed by atoms with Gasteiger partial charge in [-0.1, -0.05) is 25.5 Å². The van der Waals surface area contributed by atoms with Crippen molar-refractivity contribution >= 4 is 26.7 Å². The van der Waals surface area contributed by atoms with E-state index in [2.05, 4.69) is 15.1 Å². The Morgan fingerprint density at radius 1 is 1.25 bits per heavy atom. The van der Waals surface area contributed by atoms with Crippen LogP contribution in [0.4, 0.5) is 5.82 Å². The SMILES string of the molecule is CCCCS(=O)(=O)Cc1cccc(-n2ncc3c(N)ncnc32)c1. The zero-order valence-corrected chi connectivity index (χ0v) is 14.2. The lowest BCUT2D eigenvalue weighted by Gasteiger charge is -2.07. The fraction of sp³-hybridized carbons (Fsp3) is 0.312. The number of anilines is 1. The minimum absolute atomic E-state index is 0.0250. The number of unbranched alkanes of at least 4 members (excludes halogenated alkanes) is 1. The van der Waals surface area contributed by atoms with Crippen molar-refractivity contribution in [3.63, 3.8) is 0 Å². The molecule has 0 saturated heterocycles. The van der Waals surface area contributed by atoms with Gasteiger partial charge in [0.05, 0.1) is 28.8 Å². The van der Waals surface area contributed by atoms with E-state index in [1.54, 1.807) is 10.9 Å². The van der Waals surface area contributed by atoms with Crippen molar-refractivity contribution in [3.8, 4) is 5.69 Å². The average Bonchev–Trinajstić information content (AvgIpc) is 2.98. The quantitative estimate of drug-likeness (QED) is 0.734. The molecule has 126 valence electrons. The average molecular weight is 345 g/mol. The van der Waals surface area contributed by atoms with Crippen molar-refractivity contribution in [2.24, 2.45) is 0 Å². The minimum Gasteiger partial charge on any atom is -0.383 e. The standard InChI is InChI=1S/C16H19N5O2S/c1-2-3-7-24(22,23)10-12-5-4-6-13(8-12)21-16-14(9-20-21)15(17)18-11-19-16/h4-6,8-9,11H,2-3,7,10H2,1H3,(H2,17,18,19). The first kappa shape index (κ1) is 16.4. The van der Waals surface area contributed by atoms with Gasteiger partial charge in [-0.15, -0.1) is 0 Å². The predicted molar refractivity (Wildman–Crippen MR) is 93.5 cm³/mol. The first-order valence-corrected chi connectivity index (χ1v) is 9.56. The second-order valence-corrected chi connectivity index (χ2v) is 7.85. The number of fused-ring (bicyclic) bond motifs is 1. The summed E-state index contributed by atoms with van der Waals surface area (Å²) in [6.45, 7) is 1.98. The molecule has 0 amide bonds. The van der Waals surface area contributed by atoms with Gasteiger partial charge in [-0.05, 0) is 24.1 Å². The van der Waals surface area contributed by atoms with E-state index in [0.717, 1.165) is 17.7 Å². The normalized spacial score (nSPS) is 11.9. The minimum atomic E-state index is -3.11. The van der Waals surface area contributed by atoms with E-state index < -0.39 is 9.84 Å². The largest absolute Gasteiger partial charge is 0.383 e. The molecule has 3 rings (SSSR count). The van der Waals surface area contributed by atoms with Crippen LogP contribution in [-0.4, -0.2) is 33.9 Å². The first-order chi connectivity index (χ1) is 11.5. The molecule has 0 aliphatic rings. The van der Waals surface area contributed by atoms with Crippen LogP contribution in [0.2, 0.25) is 0 Å². The van der Waals surface area contributed by atoms with E-state index in [4.69, 9.17) is 5.73 Å². The fourth-order valence-corrected chi connectivity index (χ4v) is 4.08. The summed E-state index contributed by atoms with van der Waals surface area (Å²) in [5.74, 6) is 0.601. The highest BCUT2D eigenvalue weighted by molar-refractivity contribution is 7.90. The molecular formula is C16H19N5O2S. The van der Waals surface area contributed by atoms with Gasteiger partial charge >= 0.3 is 0 Å². The van der Waals surface area contributed by atoms with Crippen LogP contribution in [0.25, 0.3) is 16.7 Å². The van der Waals surface area contributed by atoms with Gasteiger partial charge in [-0.25, -0.2) is 23.1 Å². The molecule has 0 radical (unpaired) electrons. The molecule has 7 nitrogen and oxygen atoms in total. The van der Waals surface area contributed by atoms with E-state index in [1.165, 1.54) is 6.33 Å². The van der Waals surface area contributed by atoms with Gasteiger partial charge in [0.15, 0.2) is 15.5 Å². The van der Waals surface area contributed by atoms with E-state index in [9.17, 15) is 8.42 Å². The number of hydrogen-bond acceptors (Lipinski definition) is 6. The van der Waals surface area contributed by atoms with Crippen LogP contribution in [0.1, 0.15) is 25.3 Å². The Morgan fingerprint density at radius 2 is 2.08 bits per heavy atom. The zero-order chi connectivity index (χ0) is 17.2. The summed E-state index contributed by atoms with van der Waals surface area (Å²) in [7, 11) is -3.11.